The molecule has 0 aliphatic rings. The number of anilines is 3. The van der Waals surface area contributed by atoms with Crippen LogP contribution in [0.4, 0.5) is 17.6 Å². The first kappa shape index (κ1) is 12.7. The van der Waals surface area contributed by atoms with E-state index in [0.717, 1.165) is 0 Å². The van der Waals surface area contributed by atoms with Gasteiger partial charge in [0.15, 0.2) is 0 Å². The minimum Gasteiger partial charge on any atom is -0.462 e. The number of pyridine rings is 1. The van der Waals surface area contributed by atoms with Gasteiger partial charge in [-0.1, -0.05) is 6.07 Å². The number of carbonyl (C=O) groups excluding carboxylic acids is 1. The van der Waals surface area contributed by atoms with Crippen LogP contribution in [0.15, 0.2) is 30.6 Å². The quantitative estimate of drug-likeness (QED) is 0.799. The highest BCUT2D eigenvalue weighted by atomic mass is 16.5. The number of nitrogens with one attached hydrogen (secondary N) is 1. The van der Waals surface area contributed by atoms with Crippen LogP contribution in [-0.2, 0) is 4.74 Å². The van der Waals surface area contributed by atoms with Crippen LogP contribution >= 0.6 is 0 Å². The third-order valence-electron chi connectivity index (χ3n) is 2.22. The van der Waals surface area contributed by atoms with E-state index in [-0.39, 0.29) is 23.9 Å². The van der Waals surface area contributed by atoms with Crippen molar-refractivity contribution in [3.8, 4) is 0 Å². The molecule has 2 rings (SSSR count). The third-order valence-corrected chi connectivity index (χ3v) is 2.22. The lowest BCUT2D eigenvalue weighted by atomic mass is 10.3. The van der Waals surface area contributed by atoms with E-state index in [1.807, 2.05) is 6.07 Å². The van der Waals surface area contributed by atoms with E-state index in [1.165, 1.54) is 6.20 Å². The lowest BCUT2D eigenvalue weighted by molar-refractivity contribution is 0.0527. The fraction of sp³-hybridized carbons (Fsp3) is 0.167. The Morgan fingerprint density at radius 2 is 2.26 bits per heavy atom. The third kappa shape index (κ3) is 3.15. The fourth-order valence-electron chi connectivity index (χ4n) is 1.37. The molecular weight excluding hydrogens is 246 g/mol. The number of esters is 1. The molecule has 0 aliphatic carbocycles. The predicted octanol–water partition coefficient (Wildman–Crippen LogP) is 1.37. The first-order chi connectivity index (χ1) is 9.20. The SMILES string of the molecule is CCOC(=O)c1cnc(Nc2ccccn2)nc1N. The number of rotatable bonds is 4. The minimum atomic E-state index is -0.538. The Bertz CT molecular complexity index is 574. The van der Waals surface area contributed by atoms with E-state index in [9.17, 15) is 4.79 Å². The lowest BCUT2D eigenvalue weighted by Gasteiger charge is -2.07. The predicted molar refractivity (Wildman–Crippen MR) is 69.9 cm³/mol. The molecule has 0 spiro atoms. The highest BCUT2D eigenvalue weighted by Crippen LogP contribution is 2.14. The molecule has 98 valence electrons. The minimum absolute atomic E-state index is 0.0619. The van der Waals surface area contributed by atoms with Crippen molar-refractivity contribution in [1.29, 1.82) is 0 Å². The van der Waals surface area contributed by atoms with E-state index < -0.39 is 5.97 Å². The highest BCUT2D eigenvalue weighted by molar-refractivity contribution is 5.93. The zero-order chi connectivity index (χ0) is 13.7. The first-order valence-corrected chi connectivity index (χ1v) is 5.68. The maximum Gasteiger partial charge on any atom is 0.343 e. The molecule has 0 saturated carbocycles. The summed E-state index contributed by atoms with van der Waals surface area (Å²) >= 11 is 0. The molecule has 0 unspecified atom stereocenters. The Balaban J connectivity index is 2.17. The number of nitrogen functional groups attached to an aromatic ring is 1. The van der Waals surface area contributed by atoms with Gasteiger partial charge in [-0.3, -0.25) is 0 Å². The Hall–Kier alpha value is -2.70. The molecule has 19 heavy (non-hydrogen) atoms. The summed E-state index contributed by atoms with van der Waals surface area (Å²) in [6.45, 7) is 1.98. The van der Waals surface area contributed by atoms with E-state index in [2.05, 4.69) is 20.3 Å². The maximum atomic E-state index is 11.5. The zero-order valence-electron chi connectivity index (χ0n) is 10.3. The maximum absolute atomic E-state index is 11.5. The molecule has 0 saturated heterocycles. The van der Waals surface area contributed by atoms with Crippen LogP contribution < -0.4 is 11.1 Å². The van der Waals surface area contributed by atoms with Crippen molar-refractivity contribution in [2.75, 3.05) is 17.7 Å². The summed E-state index contributed by atoms with van der Waals surface area (Å²) in [5.41, 5.74) is 5.84. The van der Waals surface area contributed by atoms with Gasteiger partial charge in [-0.2, -0.15) is 4.98 Å². The molecule has 0 aromatic carbocycles. The Labute approximate surface area is 109 Å². The zero-order valence-corrected chi connectivity index (χ0v) is 10.3. The van der Waals surface area contributed by atoms with Gasteiger partial charge in [0.05, 0.1) is 6.61 Å². The number of nitrogens with two attached hydrogens (primary N) is 1. The van der Waals surface area contributed by atoms with Crippen LogP contribution in [0.25, 0.3) is 0 Å². The van der Waals surface area contributed by atoms with Crippen molar-refractivity contribution >= 4 is 23.6 Å². The average molecular weight is 259 g/mol. The van der Waals surface area contributed by atoms with E-state index in [1.54, 1.807) is 25.3 Å². The lowest BCUT2D eigenvalue weighted by Crippen LogP contribution is -2.11. The Kier molecular flexibility index (Phi) is 3.87. The van der Waals surface area contributed by atoms with Crippen LogP contribution in [0.2, 0.25) is 0 Å². The van der Waals surface area contributed by atoms with E-state index >= 15 is 0 Å². The summed E-state index contributed by atoms with van der Waals surface area (Å²) in [6.07, 6.45) is 2.96. The van der Waals surface area contributed by atoms with Gasteiger partial charge < -0.3 is 15.8 Å². The van der Waals surface area contributed by atoms with Crippen LogP contribution in [0, 0.1) is 0 Å². The van der Waals surface area contributed by atoms with Crippen LogP contribution in [0.1, 0.15) is 17.3 Å². The summed E-state index contributed by atoms with van der Waals surface area (Å²) in [4.78, 5) is 23.6. The van der Waals surface area contributed by atoms with Gasteiger partial charge >= 0.3 is 5.97 Å². The normalized spacial score (nSPS) is 9.95. The Morgan fingerprint density at radius 3 is 2.89 bits per heavy atom. The van der Waals surface area contributed by atoms with Crippen molar-refractivity contribution in [2.24, 2.45) is 0 Å². The molecule has 2 aromatic heterocycles. The molecule has 0 fully saturated rings. The Morgan fingerprint density at radius 1 is 1.42 bits per heavy atom. The molecule has 7 heteroatoms. The van der Waals surface area contributed by atoms with E-state index in [4.69, 9.17) is 10.5 Å². The van der Waals surface area contributed by atoms with Crippen LogP contribution in [0.5, 0.6) is 0 Å². The fourth-order valence-corrected chi connectivity index (χ4v) is 1.37. The summed E-state index contributed by atoms with van der Waals surface area (Å²) < 4.78 is 4.84. The number of hydrogen-bond donors (Lipinski definition) is 2. The summed E-state index contributed by atoms with van der Waals surface area (Å²) in [5.74, 6) is 0.381. The summed E-state index contributed by atoms with van der Waals surface area (Å²) in [5, 5.41) is 2.88. The molecule has 7 nitrogen and oxygen atoms in total. The number of aromatic nitrogens is 3. The molecule has 2 aromatic rings. The molecule has 0 amide bonds. The second-order valence-electron chi connectivity index (χ2n) is 3.55. The van der Waals surface area contributed by atoms with Crippen molar-refractivity contribution in [1.82, 2.24) is 15.0 Å². The second kappa shape index (κ2) is 5.76. The number of nitrogens with zero attached hydrogens (tertiary/aromatic N) is 3. The molecular formula is C12H13N5O2. The van der Waals surface area contributed by atoms with Crippen molar-refractivity contribution in [3.63, 3.8) is 0 Å². The van der Waals surface area contributed by atoms with Crippen molar-refractivity contribution in [3.05, 3.63) is 36.2 Å². The monoisotopic (exact) mass is 259 g/mol. The average Bonchev–Trinajstić information content (AvgIpc) is 2.40. The molecule has 3 N–H and O–H groups in total. The molecule has 0 aliphatic heterocycles. The van der Waals surface area contributed by atoms with Gasteiger partial charge in [0.1, 0.15) is 17.2 Å². The molecule has 0 radical (unpaired) electrons. The van der Waals surface area contributed by atoms with Crippen molar-refractivity contribution < 1.29 is 9.53 Å². The van der Waals surface area contributed by atoms with Crippen molar-refractivity contribution in [2.45, 2.75) is 6.92 Å². The highest BCUT2D eigenvalue weighted by Gasteiger charge is 2.13. The van der Waals surface area contributed by atoms with Gasteiger partial charge in [0, 0.05) is 12.4 Å². The largest absolute Gasteiger partial charge is 0.462 e. The van der Waals surface area contributed by atoms with Gasteiger partial charge in [-0.25, -0.2) is 14.8 Å². The number of ether oxygens (including phenoxy) is 1. The van der Waals surface area contributed by atoms with Gasteiger partial charge in [-0.05, 0) is 19.1 Å². The molecule has 0 bridgehead atoms. The van der Waals surface area contributed by atoms with Gasteiger partial charge in [0.25, 0.3) is 0 Å². The van der Waals surface area contributed by atoms with Gasteiger partial charge in [-0.15, -0.1) is 0 Å². The second-order valence-corrected chi connectivity index (χ2v) is 3.55. The first-order valence-electron chi connectivity index (χ1n) is 5.68. The van der Waals surface area contributed by atoms with E-state index in [0.29, 0.717) is 5.82 Å². The summed E-state index contributed by atoms with van der Waals surface area (Å²) in [7, 11) is 0. The van der Waals surface area contributed by atoms with Crippen LogP contribution in [0.3, 0.4) is 0 Å². The molecule has 2 heterocycles. The smallest absolute Gasteiger partial charge is 0.343 e. The van der Waals surface area contributed by atoms with Crippen LogP contribution in [-0.4, -0.2) is 27.5 Å². The summed E-state index contributed by atoms with van der Waals surface area (Å²) in [6, 6.07) is 5.38. The number of carbonyl (C=O) groups is 1. The van der Waals surface area contributed by atoms with Gasteiger partial charge in [0.2, 0.25) is 5.95 Å². The standard InChI is InChI=1S/C12H13N5O2/c1-2-19-11(18)8-7-15-12(17-10(8)13)16-9-5-3-4-6-14-9/h3-7H,2H2,1H3,(H3,13,14,15,16,17). The topological polar surface area (TPSA) is 103 Å². The number of hydrogen-bond acceptors (Lipinski definition) is 7. The molecule has 0 atom stereocenters.